The molecule has 0 saturated heterocycles. The standard InChI is InChI=1S/C18H17NO4.CH2O2/c1-21-15-9-17-16(22-10-23-17)8-13(15)12-4-2-3-5-14(12)19-18(20)11-6-7-11;2-1-3/h2-5,8-9,11H,6-7,10H2,1H3,(H,19,20);1H,(H,2,3). The van der Waals surface area contributed by atoms with Gasteiger partial charge in [-0.1, -0.05) is 18.2 Å². The minimum absolute atomic E-state index is 0.0807. The van der Waals surface area contributed by atoms with Crippen molar-refractivity contribution in [2.75, 3.05) is 19.2 Å². The number of carbonyl (C=O) groups is 2. The lowest BCUT2D eigenvalue weighted by atomic mass is 10.0. The number of fused-ring (bicyclic) bond motifs is 1. The van der Waals surface area contributed by atoms with E-state index in [4.69, 9.17) is 24.1 Å². The average molecular weight is 357 g/mol. The first-order chi connectivity index (χ1) is 12.7. The summed E-state index contributed by atoms with van der Waals surface area (Å²) in [6.45, 7) is -0.0397. The SMILES string of the molecule is COc1cc2c(cc1-c1ccccc1NC(=O)C1CC1)OCO2.O=CO. The van der Waals surface area contributed by atoms with Crippen LogP contribution in [0, 0.1) is 5.92 Å². The van der Waals surface area contributed by atoms with Crippen molar-refractivity contribution in [1.82, 2.24) is 0 Å². The number of amides is 1. The van der Waals surface area contributed by atoms with Crippen molar-refractivity contribution < 1.29 is 28.9 Å². The zero-order chi connectivity index (χ0) is 18.5. The maximum atomic E-state index is 12.1. The van der Waals surface area contributed by atoms with Crippen LogP contribution in [0.1, 0.15) is 12.8 Å². The Hall–Kier alpha value is -3.22. The van der Waals surface area contributed by atoms with E-state index in [1.807, 2.05) is 36.4 Å². The third-order valence-electron chi connectivity index (χ3n) is 4.12. The minimum Gasteiger partial charge on any atom is -0.496 e. The van der Waals surface area contributed by atoms with Gasteiger partial charge in [0, 0.05) is 28.8 Å². The van der Waals surface area contributed by atoms with Gasteiger partial charge in [0.1, 0.15) is 5.75 Å². The predicted molar refractivity (Wildman–Crippen MR) is 94.6 cm³/mol. The summed E-state index contributed by atoms with van der Waals surface area (Å²) < 4.78 is 16.4. The summed E-state index contributed by atoms with van der Waals surface area (Å²) in [5.74, 6) is 2.27. The maximum Gasteiger partial charge on any atom is 0.290 e. The third kappa shape index (κ3) is 3.72. The van der Waals surface area contributed by atoms with E-state index >= 15 is 0 Å². The predicted octanol–water partition coefficient (Wildman–Crippen LogP) is 3.14. The lowest BCUT2D eigenvalue weighted by molar-refractivity contribution is -0.123. The Morgan fingerprint density at radius 1 is 1.19 bits per heavy atom. The molecule has 0 bridgehead atoms. The number of para-hydroxylation sites is 1. The highest BCUT2D eigenvalue weighted by atomic mass is 16.7. The molecule has 1 fully saturated rings. The molecule has 2 N–H and O–H groups in total. The largest absolute Gasteiger partial charge is 0.496 e. The van der Waals surface area contributed by atoms with Gasteiger partial charge in [0.15, 0.2) is 11.5 Å². The van der Waals surface area contributed by atoms with E-state index in [2.05, 4.69) is 5.32 Å². The van der Waals surface area contributed by atoms with Crippen LogP contribution in [0.5, 0.6) is 17.2 Å². The summed E-state index contributed by atoms with van der Waals surface area (Å²) in [5.41, 5.74) is 2.54. The molecule has 1 aliphatic carbocycles. The summed E-state index contributed by atoms with van der Waals surface area (Å²) in [6.07, 6.45) is 1.95. The molecule has 0 aromatic heterocycles. The molecule has 0 spiro atoms. The Morgan fingerprint density at radius 2 is 1.85 bits per heavy atom. The second-order valence-corrected chi connectivity index (χ2v) is 5.82. The van der Waals surface area contributed by atoms with Gasteiger partial charge in [0.25, 0.3) is 6.47 Å². The average Bonchev–Trinajstić information content (AvgIpc) is 3.40. The van der Waals surface area contributed by atoms with Crippen molar-refractivity contribution in [3.8, 4) is 28.4 Å². The van der Waals surface area contributed by atoms with E-state index in [1.165, 1.54) is 0 Å². The van der Waals surface area contributed by atoms with Crippen molar-refractivity contribution in [1.29, 1.82) is 0 Å². The van der Waals surface area contributed by atoms with Crippen molar-refractivity contribution >= 4 is 18.1 Å². The molecule has 0 atom stereocenters. The molecule has 1 amide bonds. The lowest BCUT2D eigenvalue weighted by Gasteiger charge is -2.14. The van der Waals surface area contributed by atoms with Crippen LogP contribution in [0.3, 0.4) is 0 Å². The second kappa shape index (κ2) is 7.77. The number of hydrogen-bond acceptors (Lipinski definition) is 5. The van der Waals surface area contributed by atoms with Crippen LogP contribution in [0.4, 0.5) is 5.69 Å². The summed E-state index contributed by atoms with van der Waals surface area (Å²) in [4.78, 5) is 20.5. The molecule has 26 heavy (non-hydrogen) atoms. The van der Waals surface area contributed by atoms with Crippen molar-refractivity contribution in [2.24, 2.45) is 5.92 Å². The molecule has 7 heteroatoms. The topological polar surface area (TPSA) is 94.1 Å². The van der Waals surface area contributed by atoms with Gasteiger partial charge in [0.05, 0.1) is 7.11 Å². The molecule has 1 aliphatic heterocycles. The molecule has 4 rings (SSSR count). The lowest BCUT2D eigenvalue weighted by Crippen LogP contribution is -2.14. The van der Waals surface area contributed by atoms with E-state index < -0.39 is 0 Å². The molecular formula is C19H19NO6. The quantitative estimate of drug-likeness (QED) is 0.817. The van der Waals surface area contributed by atoms with E-state index in [9.17, 15) is 4.79 Å². The van der Waals surface area contributed by atoms with Crippen LogP contribution in [-0.2, 0) is 9.59 Å². The van der Waals surface area contributed by atoms with Gasteiger partial charge in [-0.25, -0.2) is 0 Å². The normalized spacial score (nSPS) is 14.0. The maximum absolute atomic E-state index is 12.1. The number of methoxy groups -OCH3 is 1. The Bertz CT molecular complexity index is 816. The molecule has 2 aliphatic rings. The Labute approximate surface area is 150 Å². The van der Waals surface area contributed by atoms with E-state index in [0.29, 0.717) is 17.2 Å². The van der Waals surface area contributed by atoms with Crippen LogP contribution in [0.25, 0.3) is 11.1 Å². The number of hydrogen-bond donors (Lipinski definition) is 2. The Morgan fingerprint density at radius 3 is 2.50 bits per heavy atom. The van der Waals surface area contributed by atoms with E-state index in [-0.39, 0.29) is 25.1 Å². The summed E-state index contributed by atoms with van der Waals surface area (Å²) >= 11 is 0. The molecule has 2 aromatic rings. The number of rotatable bonds is 4. The number of ether oxygens (including phenoxy) is 3. The van der Waals surface area contributed by atoms with Gasteiger partial charge in [-0.2, -0.15) is 0 Å². The van der Waals surface area contributed by atoms with Crippen LogP contribution < -0.4 is 19.5 Å². The van der Waals surface area contributed by atoms with Gasteiger partial charge in [-0.3, -0.25) is 9.59 Å². The highest BCUT2D eigenvalue weighted by molar-refractivity contribution is 5.98. The first kappa shape index (κ1) is 17.6. The zero-order valence-electron chi connectivity index (χ0n) is 14.2. The fourth-order valence-corrected chi connectivity index (χ4v) is 2.71. The van der Waals surface area contributed by atoms with Gasteiger partial charge < -0.3 is 24.6 Å². The molecule has 2 aromatic carbocycles. The second-order valence-electron chi connectivity index (χ2n) is 5.82. The molecule has 136 valence electrons. The Kier molecular flexibility index (Phi) is 5.26. The highest BCUT2D eigenvalue weighted by Crippen LogP contribution is 2.44. The number of anilines is 1. The number of carboxylic acid groups (broad SMARTS) is 1. The minimum atomic E-state index is -0.250. The first-order valence-corrected chi connectivity index (χ1v) is 8.13. The van der Waals surface area contributed by atoms with Gasteiger partial charge in [0.2, 0.25) is 12.7 Å². The fraction of sp³-hybridized carbons (Fsp3) is 0.263. The van der Waals surface area contributed by atoms with Gasteiger partial charge >= 0.3 is 0 Å². The molecule has 0 unspecified atom stereocenters. The molecule has 1 saturated carbocycles. The molecule has 0 radical (unpaired) electrons. The van der Waals surface area contributed by atoms with Crippen molar-refractivity contribution in [3.05, 3.63) is 36.4 Å². The van der Waals surface area contributed by atoms with E-state index in [0.717, 1.165) is 29.7 Å². The zero-order valence-corrected chi connectivity index (χ0v) is 14.2. The van der Waals surface area contributed by atoms with Crippen LogP contribution >= 0.6 is 0 Å². The Balaban J connectivity index is 0.000000613. The molecular weight excluding hydrogens is 338 g/mol. The first-order valence-electron chi connectivity index (χ1n) is 8.13. The number of nitrogens with one attached hydrogen (secondary N) is 1. The monoisotopic (exact) mass is 357 g/mol. The third-order valence-corrected chi connectivity index (χ3v) is 4.12. The summed E-state index contributed by atoms with van der Waals surface area (Å²) in [6, 6.07) is 11.4. The summed E-state index contributed by atoms with van der Waals surface area (Å²) in [5, 5.41) is 9.91. The van der Waals surface area contributed by atoms with Crippen LogP contribution in [0.2, 0.25) is 0 Å². The van der Waals surface area contributed by atoms with Crippen LogP contribution in [0.15, 0.2) is 36.4 Å². The summed E-state index contributed by atoms with van der Waals surface area (Å²) in [7, 11) is 1.62. The molecule has 7 nitrogen and oxygen atoms in total. The van der Waals surface area contributed by atoms with Crippen molar-refractivity contribution in [2.45, 2.75) is 12.8 Å². The van der Waals surface area contributed by atoms with E-state index in [1.54, 1.807) is 7.11 Å². The molecule has 1 heterocycles. The van der Waals surface area contributed by atoms with Gasteiger partial charge in [-0.05, 0) is 25.0 Å². The fourth-order valence-electron chi connectivity index (χ4n) is 2.71. The van der Waals surface area contributed by atoms with Crippen LogP contribution in [-0.4, -0.2) is 31.4 Å². The highest BCUT2D eigenvalue weighted by Gasteiger charge is 2.30. The van der Waals surface area contributed by atoms with Crippen molar-refractivity contribution in [3.63, 3.8) is 0 Å². The smallest absolute Gasteiger partial charge is 0.290 e. The number of carbonyl (C=O) groups excluding carboxylic acids is 1. The number of benzene rings is 2. The van der Waals surface area contributed by atoms with Gasteiger partial charge in [-0.15, -0.1) is 0 Å².